The lowest BCUT2D eigenvalue weighted by atomic mass is 10.1. The number of amides is 2. The average Bonchev–Trinajstić information content (AvgIpc) is 2.72. The molecular weight excluding hydrogens is 345 g/mol. The first-order chi connectivity index (χ1) is 13.0. The minimum Gasteiger partial charge on any atom is -0.348 e. The number of pyridine rings is 1. The fraction of sp³-hybridized carbons (Fsp3) is 0.0952. The van der Waals surface area contributed by atoms with Crippen LogP contribution >= 0.6 is 0 Å². The first kappa shape index (κ1) is 18.3. The zero-order valence-corrected chi connectivity index (χ0v) is 14.7. The largest absolute Gasteiger partial charge is 0.348 e. The van der Waals surface area contributed by atoms with Gasteiger partial charge in [0.15, 0.2) is 0 Å². The van der Waals surface area contributed by atoms with E-state index in [4.69, 9.17) is 0 Å². The summed E-state index contributed by atoms with van der Waals surface area (Å²) in [6.07, 6.45) is 2.83. The second-order valence-electron chi connectivity index (χ2n) is 5.97. The Morgan fingerprint density at radius 3 is 2.37 bits per heavy atom. The third-order valence-electron chi connectivity index (χ3n) is 4.06. The number of anilines is 1. The predicted molar refractivity (Wildman–Crippen MR) is 101 cm³/mol. The second kappa shape index (κ2) is 8.23. The van der Waals surface area contributed by atoms with Crippen molar-refractivity contribution in [3.63, 3.8) is 0 Å². The number of aromatic nitrogens is 1. The van der Waals surface area contributed by atoms with Gasteiger partial charge in [-0.15, -0.1) is 0 Å². The Balaban J connectivity index is 1.70. The lowest BCUT2D eigenvalue weighted by Gasteiger charge is -2.17. The Bertz CT molecular complexity index is 943. The number of nitrogens with one attached hydrogen (secondary N) is 1. The van der Waals surface area contributed by atoms with E-state index in [9.17, 15) is 14.0 Å². The lowest BCUT2D eigenvalue weighted by molar-refractivity contribution is 0.0950. The SMILES string of the molecule is CN(C(=O)c1cncc(C(=O)NCc2ccc(F)cc2)c1)c1ccccc1. The number of nitrogens with zero attached hydrogens (tertiary/aromatic N) is 2. The molecule has 2 aromatic carbocycles. The normalized spacial score (nSPS) is 10.3. The summed E-state index contributed by atoms with van der Waals surface area (Å²) in [5, 5.41) is 2.74. The van der Waals surface area contributed by atoms with E-state index in [1.807, 2.05) is 30.3 Å². The van der Waals surface area contributed by atoms with Gasteiger partial charge in [-0.1, -0.05) is 30.3 Å². The zero-order valence-electron chi connectivity index (χ0n) is 14.7. The number of hydrogen-bond donors (Lipinski definition) is 1. The number of hydrogen-bond acceptors (Lipinski definition) is 3. The number of benzene rings is 2. The Morgan fingerprint density at radius 2 is 1.67 bits per heavy atom. The summed E-state index contributed by atoms with van der Waals surface area (Å²) in [6.45, 7) is 0.251. The van der Waals surface area contributed by atoms with Gasteiger partial charge in [-0.05, 0) is 35.9 Å². The van der Waals surface area contributed by atoms with E-state index in [-0.39, 0.29) is 29.7 Å². The molecule has 0 aliphatic heterocycles. The maximum atomic E-state index is 12.9. The van der Waals surface area contributed by atoms with Gasteiger partial charge in [0, 0.05) is 31.7 Å². The second-order valence-corrected chi connectivity index (χ2v) is 5.97. The fourth-order valence-electron chi connectivity index (χ4n) is 2.53. The van der Waals surface area contributed by atoms with Crippen molar-refractivity contribution in [2.24, 2.45) is 0 Å². The van der Waals surface area contributed by atoms with E-state index in [0.29, 0.717) is 5.56 Å². The molecule has 0 fully saturated rings. The zero-order chi connectivity index (χ0) is 19.2. The van der Waals surface area contributed by atoms with E-state index in [1.54, 1.807) is 19.2 Å². The molecule has 6 heteroatoms. The molecule has 136 valence electrons. The Labute approximate surface area is 156 Å². The third-order valence-corrected chi connectivity index (χ3v) is 4.06. The summed E-state index contributed by atoms with van der Waals surface area (Å²) >= 11 is 0. The molecule has 3 rings (SSSR count). The summed E-state index contributed by atoms with van der Waals surface area (Å²) in [4.78, 5) is 30.5. The van der Waals surface area contributed by atoms with E-state index in [0.717, 1.165) is 11.3 Å². The molecule has 5 nitrogen and oxygen atoms in total. The number of halogens is 1. The highest BCUT2D eigenvalue weighted by atomic mass is 19.1. The van der Waals surface area contributed by atoms with Gasteiger partial charge in [0.25, 0.3) is 11.8 Å². The van der Waals surface area contributed by atoms with Crippen LogP contribution in [0.3, 0.4) is 0 Å². The van der Waals surface area contributed by atoms with Crippen LogP contribution in [0.4, 0.5) is 10.1 Å². The van der Waals surface area contributed by atoms with Crippen LogP contribution in [0.2, 0.25) is 0 Å². The molecule has 2 amide bonds. The fourth-order valence-corrected chi connectivity index (χ4v) is 2.53. The van der Waals surface area contributed by atoms with Gasteiger partial charge in [0.1, 0.15) is 5.82 Å². The Hall–Kier alpha value is -3.54. The number of carbonyl (C=O) groups is 2. The molecule has 1 heterocycles. The van der Waals surface area contributed by atoms with Crippen molar-refractivity contribution in [2.75, 3.05) is 11.9 Å². The van der Waals surface area contributed by atoms with Crippen molar-refractivity contribution in [3.05, 3.63) is 95.6 Å². The number of rotatable bonds is 5. The average molecular weight is 363 g/mol. The van der Waals surface area contributed by atoms with Crippen LogP contribution in [-0.2, 0) is 6.54 Å². The highest BCUT2D eigenvalue weighted by molar-refractivity contribution is 6.07. The van der Waals surface area contributed by atoms with Crippen LogP contribution in [-0.4, -0.2) is 23.8 Å². The van der Waals surface area contributed by atoms with Crippen molar-refractivity contribution < 1.29 is 14.0 Å². The summed E-state index contributed by atoms with van der Waals surface area (Å²) < 4.78 is 12.9. The van der Waals surface area contributed by atoms with Crippen molar-refractivity contribution in [2.45, 2.75) is 6.54 Å². The molecule has 0 aliphatic rings. The van der Waals surface area contributed by atoms with E-state index >= 15 is 0 Å². The molecule has 0 bridgehead atoms. The summed E-state index contributed by atoms with van der Waals surface area (Å²) in [7, 11) is 1.67. The van der Waals surface area contributed by atoms with Gasteiger partial charge >= 0.3 is 0 Å². The van der Waals surface area contributed by atoms with Gasteiger partial charge in [-0.2, -0.15) is 0 Å². The standard InChI is InChI=1S/C21H18FN3O2/c1-25(19-5-3-2-4-6-19)21(27)17-11-16(13-23-14-17)20(26)24-12-15-7-9-18(22)10-8-15/h2-11,13-14H,12H2,1H3,(H,24,26). The van der Waals surface area contributed by atoms with Gasteiger partial charge < -0.3 is 10.2 Å². The third kappa shape index (κ3) is 4.55. The molecule has 0 atom stereocenters. The van der Waals surface area contributed by atoms with Crippen LogP contribution in [0.15, 0.2) is 73.1 Å². The Morgan fingerprint density at radius 1 is 1.00 bits per heavy atom. The molecule has 0 radical (unpaired) electrons. The number of carbonyl (C=O) groups excluding carboxylic acids is 2. The molecule has 3 aromatic rings. The van der Waals surface area contributed by atoms with E-state index in [2.05, 4.69) is 10.3 Å². The molecule has 0 spiro atoms. The summed E-state index contributed by atoms with van der Waals surface area (Å²) in [5.74, 6) is -0.950. The quantitative estimate of drug-likeness (QED) is 0.755. The Kier molecular flexibility index (Phi) is 5.56. The van der Waals surface area contributed by atoms with Crippen molar-refractivity contribution in [1.82, 2.24) is 10.3 Å². The molecule has 0 saturated carbocycles. The first-order valence-electron chi connectivity index (χ1n) is 8.35. The molecular formula is C21H18FN3O2. The first-order valence-corrected chi connectivity index (χ1v) is 8.35. The maximum Gasteiger partial charge on any atom is 0.259 e. The highest BCUT2D eigenvalue weighted by Gasteiger charge is 2.16. The minimum atomic E-state index is -0.358. The maximum absolute atomic E-state index is 12.9. The van der Waals surface area contributed by atoms with Gasteiger partial charge in [0.05, 0.1) is 11.1 Å². The van der Waals surface area contributed by atoms with E-state index < -0.39 is 0 Å². The molecule has 27 heavy (non-hydrogen) atoms. The summed E-state index contributed by atoms with van der Waals surface area (Å²) in [5.41, 5.74) is 2.11. The van der Waals surface area contributed by atoms with E-state index in [1.165, 1.54) is 35.5 Å². The van der Waals surface area contributed by atoms with Crippen molar-refractivity contribution >= 4 is 17.5 Å². The van der Waals surface area contributed by atoms with Crippen LogP contribution in [0.25, 0.3) is 0 Å². The molecule has 1 aromatic heterocycles. The summed E-state index contributed by atoms with van der Waals surface area (Å²) in [6, 6.07) is 16.6. The topological polar surface area (TPSA) is 62.3 Å². The smallest absolute Gasteiger partial charge is 0.259 e. The lowest BCUT2D eigenvalue weighted by Crippen LogP contribution is -2.27. The molecule has 1 N–H and O–H groups in total. The van der Waals surface area contributed by atoms with Crippen LogP contribution < -0.4 is 10.2 Å². The van der Waals surface area contributed by atoms with Crippen LogP contribution in [0.5, 0.6) is 0 Å². The molecule has 0 unspecified atom stereocenters. The predicted octanol–water partition coefficient (Wildman–Crippen LogP) is 3.43. The minimum absolute atomic E-state index is 0.251. The number of para-hydroxylation sites is 1. The highest BCUT2D eigenvalue weighted by Crippen LogP contribution is 2.15. The van der Waals surface area contributed by atoms with Crippen molar-refractivity contribution in [3.8, 4) is 0 Å². The van der Waals surface area contributed by atoms with Gasteiger partial charge in [-0.25, -0.2) is 4.39 Å². The van der Waals surface area contributed by atoms with Gasteiger partial charge in [-0.3, -0.25) is 14.6 Å². The van der Waals surface area contributed by atoms with Crippen LogP contribution in [0, 0.1) is 5.82 Å². The molecule has 0 aliphatic carbocycles. The monoisotopic (exact) mass is 363 g/mol. The molecule has 0 saturated heterocycles. The van der Waals surface area contributed by atoms with Crippen LogP contribution in [0.1, 0.15) is 26.3 Å². The van der Waals surface area contributed by atoms with Crippen molar-refractivity contribution in [1.29, 1.82) is 0 Å². The van der Waals surface area contributed by atoms with Gasteiger partial charge in [0.2, 0.25) is 0 Å².